The first-order chi connectivity index (χ1) is 9.56. The highest BCUT2D eigenvalue weighted by Crippen LogP contribution is 2.27. The summed E-state index contributed by atoms with van der Waals surface area (Å²) in [5.74, 6) is 2.09. The summed E-state index contributed by atoms with van der Waals surface area (Å²) in [7, 11) is 0. The molecule has 1 aromatic heterocycles. The quantitative estimate of drug-likeness (QED) is 0.561. The zero-order chi connectivity index (χ0) is 14.7. The number of aromatic amines is 1. The van der Waals surface area contributed by atoms with Crippen LogP contribution in [0.5, 0.6) is 5.75 Å². The molecule has 8 nitrogen and oxygen atoms in total. The summed E-state index contributed by atoms with van der Waals surface area (Å²) in [4.78, 5) is 25.3. The minimum absolute atomic E-state index is 0.116. The van der Waals surface area contributed by atoms with Crippen LogP contribution in [0.1, 0.15) is 12.6 Å². The minimum Gasteiger partial charge on any atom is -0.474 e. The molecule has 2 heterocycles. The Bertz CT molecular complexity index is 628. The van der Waals surface area contributed by atoms with E-state index in [1.165, 1.54) is 6.20 Å². The number of rotatable bonds is 4. The lowest BCUT2D eigenvalue weighted by molar-refractivity contribution is -0.0461. The third-order valence-electron chi connectivity index (χ3n) is 2.94. The lowest BCUT2D eigenvalue weighted by atomic mass is 10.2. The normalized spacial score (nSPS) is 25.4. The van der Waals surface area contributed by atoms with Gasteiger partial charge in [0.25, 0.3) is 5.56 Å². The predicted octanol–water partition coefficient (Wildman–Crippen LogP) is -1.81. The summed E-state index contributed by atoms with van der Waals surface area (Å²) in [6.45, 7) is -0.481. The molecule has 1 aliphatic heterocycles. The van der Waals surface area contributed by atoms with Crippen molar-refractivity contribution in [2.45, 2.75) is 24.9 Å². The van der Waals surface area contributed by atoms with Crippen LogP contribution in [0.25, 0.3) is 0 Å². The van der Waals surface area contributed by atoms with Gasteiger partial charge in [0.2, 0.25) is 5.75 Å². The van der Waals surface area contributed by atoms with Crippen molar-refractivity contribution in [1.29, 1.82) is 0 Å². The fourth-order valence-corrected chi connectivity index (χ4v) is 1.95. The molecule has 0 unspecified atom stereocenters. The van der Waals surface area contributed by atoms with E-state index in [-0.39, 0.29) is 25.4 Å². The molecule has 3 atom stereocenters. The van der Waals surface area contributed by atoms with Crippen LogP contribution in [0, 0.1) is 12.3 Å². The van der Waals surface area contributed by atoms with Gasteiger partial charge in [-0.1, -0.05) is 5.92 Å². The lowest BCUT2D eigenvalue weighted by Gasteiger charge is -2.15. The van der Waals surface area contributed by atoms with Crippen LogP contribution < -0.4 is 16.0 Å². The van der Waals surface area contributed by atoms with Gasteiger partial charge in [0.15, 0.2) is 0 Å². The Morgan fingerprint density at radius 3 is 2.95 bits per heavy atom. The highest BCUT2D eigenvalue weighted by molar-refractivity contribution is 5.13. The fraction of sp³-hybridized carbons (Fsp3) is 0.500. The van der Waals surface area contributed by atoms with Crippen molar-refractivity contribution in [2.75, 3.05) is 13.2 Å². The molecule has 1 aromatic rings. The van der Waals surface area contributed by atoms with Crippen LogP contribution in [-0.4, -0.2) is 45.2 Å². The van der Waals surface area contributed by atoms with Gasteiger partial charge in [0.05, 0.1) is 18.9 Å². The standard InChI is InChI=1S/C12H14N2O6/c1-2-3-19-8-5-14(12(18)13-11(8)17)10-4-7(16)9(6-15)20-10/h1,5,7,9-10,15-16H,3-4,6H2,(H,13,17,18)/t7-,9-,10-/m0/s1. The number of nitrogens with zero attached hydrogens (tertiary/aromatic N) is 1. The number of ether oxygens (including phenoxy) is 2. The molecule has 2 rings (SSSR count). The van der Waals surface area contributed by atoms with E-state index in [0.29, 0.717) is 0 Å². The van der Waals surface area contributed by atoms with E-state index in [1.807, 2.05) is 0 Å². The average Bonchev–Trinajstić information content (AvgIpc) is 2.79. The third-order valence-corrected chi connectivity index (χ3v) is 2.94. The molecule has 0 amide bonds. The molecule has 8 heteroatoms. The SMILES string of the molecule is C#CCOc1cn([C@@H]2C[C@H](O)[C@H](CO)O2)c(=O)[nH]c1=O. The van der Waals surface area contributed by atoms with Crippen LogP contribution in [0.4, 0.5) is 0 Å². The number of aliphatic hydroxyl groups excluding tert-OH is 2. The van der Waals surface area contributed by atoms with Gasteiger partial charge in [-0.15, -0.1) is 6.42 Å². The molecular weight excluding hydrogens is 268 g/mol. The van der Waals surface area contributed by atoms with E-state index in [4.69, 9.17) is 21.0 Å². The number of hydrogen-bond acceptors (Lipinski definition) is 6. The lowest BCUT2D eigenvalue weighted by Crippen LogP contribution is -2.33. The molecule has 0 aromatic carbocycles. The van der Waals surface area contributed by atoms with E-state index in [1.54, 1.807) is 0 Å². The fourth-order valence-electron chi connectivity index (χ4n) is 1.95. The van der Waals surface area contributed by atoms with Gasteiger partial charge in [-0.2, -0.15) is 0 Å². The Hall–Kier alpha value is -2.08. The zero-order valence-electron chi connectivity index (χ0n) is 10.5. The number of hydrogen-bond donors (Lipinski definition) is 3. The summed E-state index contributed by atoms with van der Waals surface area (Å²) in [6.07, 6.45) is 3.87. The molecule has 108 valence electrons. The molecule has 0 aliphatic carbocycles. The summed E-state index contributed by atoms with van der Waals surface area (Å²) >= 11 is 0. The maximum absolute atomic E-state index is 11.7. The van der Waals surface area contributed by atoms with Gasteiger partial charge < -0.3 is 19.7 Å². The Kier molecular flexibility index (Phi) is 4.24. The van der Waals surface area contributed by atoms with Crippen molar-refractivity contribution in [3.63, 3.8) is 0 Å². The highest BCUT2D eigenvalue weighted by Gasteiger charge is 2.35. The summed E-state index contributed by atoms with van der Waals surface area (Å²) in [5, 5.41) is 18.7. The second-order valence-electron chi connectivity index (χ2n) is 4.27. The Labute approximate surface area is 113 Å². The minimum atomic E-state index is -0.890. The Morgan fingerprint density at radius 1 is 1.60 bits per heavy atom. The van der Waals surface area contributed by atoms with Gasteiger partial charge in [-0.05, 0) is 0 Å². The van der Waals surface area contributed by atoms with Crippen molar-refractivity contribution < 1.29 is 19.7 Å². The number of nitrogens with one attached hydrogen (secondary N) is 1. The number of aliphatic hydroxyl groups is 2. The van der Waals surface area contributed by atoms with E-state index >= 15 is 0 Å². The average molecular weight is 282 g/mol. The largest absolute Gasteiger partial charge is 0.474 e. The first-order valence-electron chi connectivity index (χ1n) is 5.93. The van der Waals surface area contributed by atoms with Crippen molar-refractivity contribution in [3.05, 3.63) is 27.0 Å². The second kappa shape index (κ2) is 5.92. The Morgan fingerprint density at radius 2 is 2.35 bits per heavy atom. The van der Waals surface area contributed by atoms with Gasteiger partial charge >= 0.3 is 5.69 Å². The summed E-state index contributed by atoms with van der Waals surface area (Å²) in [5.41, 5.74) is -1.39. The van der Waals surface area contributed by atoms with Crippen LogP contribution in [0.2, 0.25) is 0 Å². The first-order valence-corrected chi connectivity index (χ1v) is 5.93. The monoisotopic (exact) mass is 282 g/mol. The Balaban J connectivity index is 2.31. The summed E-state index contributed by atoms with van der Waals surface area (Å²) in [6, 6.07) is 0. The van der Waals surface area contributed by atoms with Crippen molar-refractivity contribution >= 4 is 0 Å². The van der Waals surface area contributed by atoms with Crippen LogP contribution in [-0.2, 0) is 4.74 Å². The maximum atomic E-state index is 11.7. The van der Waals surface area contributed by atoms with E-state index in [9.17, 15) is 14.7 Å². The third kappa shape index (κ3) is 2.75. The van der Waals surface area contributed by atoms with E-state index < -0.39 is 29.7 Å². The predicted molar refractivity (Wildman–Crippen MR) is 67.3 cm³/mol. The zero-order valence-corrected chi connectivity index (χ0v) is 10.5. The van der Waals surface area contributed by atoms with Crippen molar-refractivity contribution in [2.24, 2.45) is 0 Å². The number of H-pyrrole nitrogens is 1. The molecule has 1 aliphatic rings. The van der Waals surface area contributed by atoms with Crippen molar-refractivity contribution in [1.82, 2.24) is 9.55 Å². The van der Waals surface area contributed by atoms with Crippen LogP contribution in [0.3, 0.4) is 0 Å². The second-order valence-corrected chi connectivity index (χ2v) is 4.27. The van der Waals surface area contributed by atoms with E-state index in [2.05, 4.69) is 10.9 Å². The molecule has 20 heavy (non-hydrogen) atoms. The molecule has 1 saturated heterocycles. The maximum Gasteiger partial charge on any atom is 0.330 e. The topological polar surface area (TPSA) is 114 Å². The molecule has 0 saturated carbocycles. The van der Waals surface area contributed by atoms with Gasteiger partial charge in [-0.25, -0.2) is 4.79 Å². The number of aromatic nitrogens is 2. The van der Waals surface area contributed by atoms with Gasteiger partial charge in [0.1, 0.15) is 18.9 Å². The molecular formula is C12H14N2O6. The summed E-state index contributed by atoms with van der Waals surface area (Å²) < 4.78 is 11.4. The van der Waals surface area contributed by atoms with E-state index in [0.717, 1.165) is 4.57 Å². The van der Waals surface area contributed by atoms with Crippen molar-refractivity contribution in [3.8, 4) is 18.1 Å². The van der Waals surface area contributed by atoms with Gasteiger partial charge in [-0.3, -0.25) is 14.3 Å². The molecule has 0 bridgehead atoms. The van der Waals surface area contributed by atoms with Crippen LogP contribution in [0.15, 0.2) is 15.8 Å². The molecule has 3 N–H and O–H groups in total. The molecule has 0 radical (unpaired) electrons. The molecule has 0 spiro atoms. The van der Waals surface area contributed by atoms with Crippen LogP contribution >= 0.6 is 0 Å². The first kappa shape index (κ1) is 14.3. The number of terminal acetylenes is 1. The molecule has 1 fully saturated rings. The van der Waals surface area contributed by atoms with Gasteiger partial charge in [0, 0.05) is 6.42 Å². The highest BCUT2D eigenvalue weighted by atomic mass is 16.5. The smallest absolute Gasteiger partial charge is 0.330 e.